The Morgan fingerprint density at radius 2 is 2.19 bits per heavy atom. The fourth-order valence-corrected chi connectivity index (χ4v) is 4.76. The molecular formula is C21H28N4O. The molecule has 0 spiro atoms. The molecule has 1 heterocycles. The quantitative estimate of drug-likeness (QED) is 0.833. The summed E-state index contributed by atoms with van der Waals surface area (Å²) in [5, 5.41) is 3.11. The highest BCUT2D eigenvalue weighted by molar-refractivity contribution is 5.94. The molecule has 26 heavy (non-hydrogen) atoms. The van der Waals surface area contributed by atoms with Crippen LogP contribution >= 0.6 is 0 Å². The number of imidazole rings is 1. The number of aryl methyl sites for hydroxylation is 1. The van der Waals surface area contributed by atoms with E-state index >= 15 is 0 Å². The van der Waals surface area contributed by atoms with Gasteiger partial charge in [-0.25, -0.2) is 4.98 Å². The summed E-state index contributed by atoms with van der Waals surface area (Å²) in [7, 11) is 0. The fraction of sp³-hybridized carbons (Fsp3) is 0.524. The molecule has 2 aliphatic carbocycles. The molecule has 1 aromatic heterocycles. The maximum atomic E-state index is 12.8. The molecule has 0 radical (unpaired) electrons. The first kappa shape index (κ1) is 17.3. The number of nitrogens with one attached hydrogen (secondary N) is 1. The third-order valence-electron chi connectivity index (χ3n) is 6.14. The summed E-state index contributed by atoms with van der Waals surface area (Å²) in [4.78, 5) is 17.3. The Kier molecular flexibility index (Phi) is 4.81. The topological polar surface area (TPSA) is 72.9 Å². The van der Waals surface area contributed by atoms with Crippen LogP contribution in [-0.4, -0.2) is 21.5 Å². The van der Waals surface area contributed by atoms with E-state index < -0.39 is 0 Å². The van der Waals surface area contributed by atoms with Gasteiger partial charge in [0.2, 0.25) is 5.91 Å². The fourth-order valence-electron chi connectivity index (χ4n) is 4.76. The molecule has 2 aromatic rings. The molecule has 138 valence electrons. The zero-order valence-electron chi connectivity index (χ0n) is 15.4. The van der Waals surface area contributed by atoms with E-state index in [0.717, 1.165) is 49.3 Å². The standard InChI is InChI=1S/C21H28N4O/c1-2-3-10-25-11-9-23-20(25)16-5-4-6-17(13-16)24-21(26)18-14-7-8-15(12-14)19(18)22/h4-6,9,11,13-15,18-19H,2-3,7-8,10,12,22H2,1H3,(H,24,26). The summed E-state index contributed by atoms with van der Waals surface area (Å²) in [6.07, 6.45) is 9.58. The van der Waals surface area contributed by atoms with Gasteiger partial charge in [0.1, 0.15) is 5.82 Å². The van der Waals surface area contributed by atoms with E-state index in [4.69, 9.17) is 5.73 Å². The second-order valence-corrected chi connectivity index (χ2v) is 7.80. The Balaban J connectivity index is 1.50. The lowest BCUT2D eigenvalue weighted by Crippen LogP contribution is -2.42. The number of hydrogen-bond donors (Lipinski definition) is 2. The zero-order chi connectivity index (χ0) is 18.1. The van der Waals surface area contributed by atoms with Gasteiger partial charge in [-0.2, -0.15) is 0 Å². The summed E-state index contributed by atoms with van der Waals surface area (Å²) < 4.78 is 2.18. The number of rotatable bonds is 6. The molecule has 3 N–H and O–H groups in total. The minimum Gasteiger partial charge on any atom is -0.331 e. The van der Waals surface area contributed by atoms with Gasteiger partial charge in [0.05, 0.1) is 5.92 Å². The van der Waals surface area contributed by atoms with Crippen molar-refractivity contribution < 1.29 is 4.79 Å². The van der Waals surface area contributed by atoms with Crippen LogP contribution in [0.3, 0.4) is 0 Å². The van der Waals surface area contributed by atoms with Crippen molar-refractivity contribution >= 4 is 11.6 Å². The van der Waals surface area contributed by atoms with E-state index in [1.807, 2.05) is 36.7 Å². The van der Waals surface area contributed by atoms with Gasteiger partial charge in [-0.3, -0.25) is 4.79 Å². The number of fused-ring (bicyclic) bond motifs is 2. The molecule has 0 aliphatic heterocycles. The minimum atomic E-state index is -0.0380. The number of unbranched alkanes of at least 4 members (excludes halogenated alkanes) is 1. The molecule has 4 atom stereocenters. The lowest BCUT2D eigenvalue weighted by molar-refractivity contribution is -0.121. The monoisotopic (exact) mass is 352 g/mol. The van der Waals surface area contributed by atoms with E-state index in [2.05, 4.69) is 21.8 Å². The lowest BCUT2D eigenvalue weighted by Gasteiger charge is -2.27. The van der Waals surface area contributed by atoms with Crippen molar-refractivity contribution in [1.82, 2.24) is 9.55 Å². The van der Waals surface area contributed by atoms with Crippen LogP contribution in [0, 0.1) is 17.8 Å². The summed E-state index contributed by atoms with van der Waals surface area (Å²) >= 11 is 0. The zero-order valence-corrected chi connectivity index (χ0v) is 15.4. The molecule has 5 heteroatoms. The first-order valence-corrected chi connectivity index (χ1v) is 9.85. The number of nitrogens with zero attached hydrogens (tertiary/aromatic N) is 2. The van der Waals surface area contributed by atoms with Crippen LogP contribution in [0.25, 0.3) is 11.4 Å². The second-order valence-electron chi connectivity index (χ2n) is 7.80. The van der Waals surface area contributed by atoms with Gasteiger partial charge in [0.25, 0.3) is 0 Å². The number of nitrogens with two attached hydrogens (primary N) is 1. The van der Waals surface area contributed by atoms with Gasteiger partial charge >= 0.3 is 0 Å². The van der Waals surface area contributed by atoms with Crippen LogP contribution in [0.1, 0.15) is 39.0 Å². The van der Waals surface area contributed by atoms with Gasteiger partial charge in [-0.1, -0.05) is 25.5 Å². The Labute approximate surface area is 155 Å². The maximum Gasteiger partial charge on any atom is 0.229 e. The predicted molar refractivity (Wildman–Crippen MR) is 103 cm³/mol. The van der Waals surface area contributed by atoms with Gasteiger partial charge < -0.3 is 15.6 Å². The Morgan fingerprint density at radius 3 is 2.96 bits per heavy atom. The van der Waals surface area contributed by atoms with Crippen molar-refractivity contribution in [3.63, 3.8) is 0 Å². The summed E-state index contributed by atoms with van der Waals surface area (Å²) in [5.41, 5.74) is 8.17. The van der Waals surface area contributed by atoms with E-state index in [1.54, 1.807) is 0 Å². The molecule has 1 amide bonds. The Bertz CT molecular complexity index is 782. The van der Waals surface area contributed by atoms with Crippen LogP contribution < -0.4 is 11.1 Å². The first-order chi connectivity index (χ1) is 12.7. The van der Waals surface area contributed by atoms with Gasteiger partial charge in [0.15, 0.2) is 0 Å². The molecule has 2 aliphatic rings. The highest BCUT2D eigenvalue weighted by Gasteiger charge is 2.49. The van der Waals surface area contributed by atoms with Crippen LogP contribution in [-0.2, 0) is 11.3 Å². The van der Waals surface area contributed by atoms with Gasteiger partial charge in [-0.05, 0) is 49.7 Å². The van der Waals surface area contributed by atoms with Crippen molar-refractivity contribution in [3.05, 3.63) is 36.7 Å². The van der Waals surface area contributed by atoms with Crippen molar-refractivity contribution in [2.75, 3.05) is 5.32 Å². The Hall–Kier alpha value is -2.14. The predicted octanol–water partition coefficient (Wildman–Crippen LogP) is 3.66. The highest BCUT2D eigenvalue weighted by atomic mass is 16.2. The van der Waals surface area contributed by atoms with E-state index in [9.17, 15) is 4.79 Å². The van der Waals surface area contributed by atoms with E-state index in [1.165, 1.54) is 6.42 Å². The van der Waals surface area contributed by atoms with Crippen LogP contribution in [0.2, 0.25) is 0 Å². The molecule has 5 nitrogen and oxygen atoms in total. The maximum absolute atomic E-state index is 12.8. The SMILES string of the molecule is CCCCn1ccnc1-c1cccc(NC(=O)C2C3CCC(C3)C2N)c1. The van der Waals surface area contributed by atoms with E-state index in [0.29, 0.717) is 11.8 Å². The van der Waals surface area contributed by atoms with Crippen molar-refractivity contribution in [2.45, 2.75) is 51.6 Å². The highest BCUT2D eigenvalue weighted by Crippen LogP contribution is 2.47. The number of anilines is 1. The Morgan fingerprint density at radius 1 is 1.35 bits per heavy atom. The molecule has 0 saturated heterocycles. The average Bonchev–Trinajstić information content (AvgIpc) is 3.36. The van der Waals surface area contributed by atoms with Crippen LogP contribution in [0.4, 0.5) is 5.69 Å². The minimum absolute atomic E-state index is 0.0184. The number of carbonyl (C=O) groups is 1. The molecule has 1 aromatic carbocycles. The summed E-state index contributed by atoms with van der Waals surface area (Å²) in [6, 6.07) is 8.00. The lowest BCUT2D eigenvalue weighted by atomic mass is 9.84. The van der Waals surface area contributed by atoms with Gasteiger partial charge in [0, 0.05) is 36.2 Å². The molecular weight excluding hydrogens is 324 g/mol. The number of aromatic nitrogens is 2. The van der Waals surface area contributed by atoms with Crippen molar-refractivity contribution in [1.29, 1.82) is 0 Å². The third kappa shape index (κ3) is 3.16. The molecule has 2 bridgehead atoms. The van der Waals surface area contributed by atoms with Crippen LogP contribution in [0.5, 0.6) is 0 Å². The van der Waals surface area contributed by atoms with Gasteiger partial charge in [-0.15, -0.1) is 0 Å². The summed E-state index contributed by atoms with van der Waals surface area (Å²) in [5.74, 6) is 1.99. The second kappa shape index (κ2) is 7.23. The van der Waals surface area contributed by atoms with Crippen molar-refractivity contribution in [3.8, 4) is 11.4 Å². The number of benzene rings is 1. The largest absolute Gasteiger partial charge is 0.331 e. The molecule has 2 fully saturated rings. The molecule has 2 saturated carbocycles. The van der Waals surface area contributed by atoms with E-state index in [-0.39, 0.29) is 17.9 Å². The molecule has 4 unspecified atom stereocenters. The number of hydrogen-bond acceptors (Lipinski definition) is 3. The van der Waals surface area contributed by atoms with Crippen LogP contribution in [0.15, 0.2) is 36.7 Å². The molecule has 4 rings (SSSR count). The first-order valence-electron chi connectivity index (χ1n) is 9.85. The number of carbonyl (C=O) groups excluding carboxylic acids is 1. The third-order valence-corrected chi connectivity index (χ3v) is 6.14. The number of amides is 1. The normalized spacial score (nSPS) is 27.0. The average molecular weight is 352 g/mol. The van der Waals surface area contributed by atoms with Crippen molar-refractivity contribution in [2.24, 2.45) is 23.5 Å². The summed E-state index contributed by atoms with van der Waals surface area (Å²) in [6.45, 7) is 3.15. The smallest absolute Gasteiger partial charge is 0.229 e.